The van der Waals surface area contributed by atoms with Gasteiger partial charge in [0, 0.05) is 0 Å². The van der Waals surface area contributed by atoms with E-state index in [1.165, 1.54) is 24.8 Å². The third kappa shape index (κ3) is 9.11. The Morgan fingerprint density at radius 1 is 0.667 bits per heavy atom. The molecule has 1 aromatic rings. The molecular weight excluding hydrogens is 288 g/mol. The van der Waals surface area contributed by atoms with E-state index in [4.69, 9.17) is 0 Å². The van der Waals surface area contributed by atoms with Crippen LogP contribution >= 0.6 is 0 Å². The molecule has 2 aliphatic rings. The second kappa shape index (κ2) is 18.0. The first-order chi connectivity index (χ1) is 11.9. The van der Waals surface area contributed by atoms with E-state index in [9.17, 15) is 0 Å². The number of hydrogen-bond donors (Lipinski definition) is 0. The molecule has 0 saturated heterocycles. The van der Waals surface area contributed by atoms with Crippen molar-refractivity contribution in [2.45, 2.75) is 74.7 Å². The Labute approximate surface area is 153 Å². The molecule has 0 amide bonds. The predicted molar refractivity (Wildman–Crippen MR) is 114 cm³/mol. The van der Waals surface area contributed by atoms with E-state index in [1.54, 1.807) is 0 Å². The Balaban J connectivity index is 0. The van der Waals surface area contributed by atoms with Crippen LogP contribution in [0.1, 0.15) is 73.8 Å². The maximum atomic E-state index is 2.40. The van der Waals surface area contributed by atoms with Crippen molar-refractivity contribution in [2.75, 3.05) is 0 Å². The molecule has 0 heterocycles. The maximum absolute atomic E-state index is 2.40. The molecule has 0 N–H and O–H groups in total. The first-order valence-electron chi connectivity index (χ1n) is 10.3. The number of rotatable bonds is 2. The van der Waals surface area contributed by atoms with Crippen LogP contribution in [-0.4, -0.2) is 0 Å². The highest BCUT2D eigenvalue weighted by atomic mass is 14.4. The standard InChI is InChI=1S/C16H18.4C2H6/c1-2-6-13(7-3-1)10-14-11-15-8-4-5-9-16(15)12-14;4*1-2/h1-9,14-16H,10-12H2;4*1-2H3. The second-order valence-corrected chi connectivity index (χ2v) is 5.12. The molecule has 0 spiro atoms. The Bertz CT molecular complexity index is 379. The average molecular weight is 331 g/mol. The van der Waals surface area contributed by atoms with Crippen molar-refractivity contribution < 1.29 is 0 Å². The molecule has 0 aromatic heterocycles. The zero-order chi connectivity index (χ0) is 18.8. The molecule has 24 heavy (non-hydrogen) atoms. The summed E-state index contributed by atoms with van der Waals surface area (Å²) in [6, 6.07) is 10.9. The van der Waals surface area contributed by atoms with E-state index in [0.717, 1.165) is 17.8 Å². The van der Waals surface area contributed by atoms with Crippen molar-refractivity contribution in [3.05, 3.63) is 60.2 Å². The Morgan fingerprint density at radius 2 is 1.08 bits per heavy atom. The van der Waals surface area contributed by atoms with Gasteiger partial charge in [0.1, 0.15) is 0 Å². The van der Waals surface area contributed by atoms with Crippen LogP contribution in [0, 0.1) is 17.8 Å². The molecule has 2 unspecified atom stereocenters. The topological polar surface area (TPSA) is 0 Å². The van der Waals surface area contributed by atoms with E-state index in [0.29, 0.717) is 0 Å². The first-order valence-corrected chi connectivity index (χ1v) is 10.3. The lowest BCUT2D eigenvalue weighted by Gasteiger charge is -2.13. The number of fused-ring (bicyclic) bond motifs is 1. The molecule has 0 radical (unpaired) electrons. The van der Waals surface area contributed by atoms with Crippen molar-refractivity contribution in [3.8, 4) is 0 Å². The van der Waals surface area contributed by atoms with Crippen molar-refractivity contribution in [2.24, 2.45) is 17.8 Å². The number of hydrogen-bond acceptors (Lipinski definition) is 0. The van der Waals surface area contributed by atoms with Crippen molar-refractivity contribution in [1.29, 1.82) is 0 Å². The monoisotopic (exact) mass is 330 g/mol. The van der Waals surface area contributed by atoms with Gasteiger partial charge in [-0.1, -0.05) is 110 Å². The smallest absolute Gasteiger partial charge is 0.0164 e. The van der Waals surface area contributed by atoms with E-state index in [-0.39, 0.29) is 0 Å². The van der Waals surface area contributed by atoms with Crippen LogP contribution in [0.4, 0.5) is 0 Å². The summed E-state index contributed by atoms with van der Waals surface area (Å²) in [5.74, 6) is 2.52. The van der Waals surface area contributed by atoms with E-state index < -0.39 is 0 Å². The van der Waals surface area contributed by atoms with Crippen molar-refractivity contribution in [3.63, 3.8) is 0 Å². The number of allylic oxidation sites excluding steroid dienone is 4. The molecule has 0 aliphatic heterocycles. The summed E-state index contributed by atoms with van der Waals surface area (Å²) in [4.78, 5) is 0. The van der Waals surface area contributed by atoms with Crippen LogP contribution in [-0.2, 0) is 6.42 Å². The van der Waals surface area contributed by atoms with Gasteiger partial charge in [0.05, 0.1) is 0 Å². The van der Waals surface area contributed by atoms with Gasteiger partial charge in [0.25, 0.3) is 0 Å². The van der Waals surface area contributed by atoms with Gasteiger partial charge in [-0.2, -0.15) is 0 Å². The van der Waals surface area contributed by atoms with Crippen molar-refractivity contribution >= 4 is 0 Å². The van der Waals surface area contributed by atoms with Gasteiger partial charge in [-0.3, -0.25) is 0 Å². The lowest BCUT2D eigenvalue weighted by Crippen LogP contribution is -2.03. The highest BCUT2D eigenvalue weighted by molar-refractivity contribution is 5.19. The van der Waals surface area contributed by atoms with Crippen LogP contribution < -0.4 is 0 Å². The summed E-state index contributed by atoms with van der Waals surface area (Å²) >= 11 is 0. The Kier molecular flexibility index (Phi) is 18.8. The molecule has 0 bridgehead atoms. The van der Waals surface area contributed by atoms with Crippen LogP contribution in [0.3, 0.4) is 0 Å². The summed E-state index contributed by atoms with van der Waals surface area (Å²) in [6.45, 7) is 16.0. The minimum absolute atomic E-state index is 0.818. The summed E-state index contributed by atoms with van der Waals surface area (Å²) in [5, 5.41) is 0. The fraction of sp³-hybridized carbons (Fsp3) is 0.583. The van der Waals surface area contributed by atoms with Crippen LogP contribution in [0.15, 0.2) is 54.6 Å². The Hall–Kier alpha value is -1.30. The van der Waals surface area contributed by atoms with E-state index in [1.807, 2.05) is 55.4 Å². The molecule has 1 fully saturated rings. The summed E-state index contributed by atoms with van der Waals surface area (Å²) in [7, 11) is 0. The molecule has 2 aliphatic carbocycles. The molecule has 2 atom stereocenters. The van der Waals surface area contributed by atoms with Gasteiger partial charge in [0.15, 0.2) is 0 Å². The summed E-state index contributed by atoms with van der Waals surface area (Å²) in [6.07, 6.45) is 13.2. The molecule has 0 nitrogen and oxygen atoms in total. The van der Waals surface area contributed by atoms with Crippen LogP contribution in [0.5, 0.6) is 0 Å². The molecule has 1 saturated carbocycles. The van der Waals surface area contributed by atoms with Gasteiger partial charge in [0.2, 0.25) is 0 Å². The highest BCUT2D eigenvalue weighted by Gasteiger charge is 2.31. The SMILES string of the molecule is C1=CC2CC(Cc3ccccc3)CC2C=C1.CC.CC.CC.CC. The lowest BCUT2D eigenvalue weighted by molar-refractivity contribution is 0.528. The largest absolute Gasteiger partial charge is 0.0808 e. The van der Waals surface area contributed by atoms with Gasteiger partial charge >= 0.3 is 0 Å². The zero-order valence-electron chi connectivity index (χ0n) is 17.5. The molecule has 138 valence electrons. The maximum Gasteiger partial charge on any atom is -0.0164 e. The van der Waals surface area contributed by atoms with Gasteiger partial charge in [-0.15, -0.1) is 0 Å². The van der Waals surface area contributed by atoms with Crippen LogP contribution in [0.2, 0.25) is 0 Å². The zero-order valence-corrected chi connectivity index (χ0v) is 17.5. The molecule has 0 heteroatoms. The average Bonchev–Trinajstić information content (AvgIpc) is 3.11. The minimum Gasteiger partial charge on any atom is -0.0808 e. The first kappa shape index (κ1) is 24.9. The quantitative estimate of drug-likeness (QED) is 0.513. The second-order valence-electron chi connectivity index (χ2n) is 5.12. The molecule has 3 rings (SSSR count). The fourth-order valence-corrected chi connectivity index (χ4v) is 3.19. The summed E-state index contributed by atoms with van der Waals surface area (Å²) in [5.41, 5.74) is 1.50. The normalized spacial score (nSPS) is 22.1. The third-order valence-corrected chi connectivity index (χ3v) is 3.96. The predicted octanol–water partition coefficient (Wildman–Crippen LogP) is 8.10. The van der Waals surface area contributed by atoms with Crippen LogP contribution in [0.25, 0.3) is 0 Å². The van der Waals surface area contributed by atoms with Gasteiger partial charge in [-0.05, 0) is 42.6 Å². The van der Waals surface area contributed by atoms with Gasteiger partial charge in [-0.25, -0.2) is 0 Å². The molecular formula is C24H42. The third-order valence-electron chi connectivity index (χ3n) is 3.96. The summed E-state index contributed by atoms with van der Waals surface area (Å²) < 4.78 is 0. The van der Waals surface area contributed by atoms with Gasteiger partial charge < -0.3 is 0 Å². The molecule has 1 aromatic carbocycles. The minimum atomic E-state index is 0.818. The van der Waals surface area contributed by atoms with E-state index in [2.05, 4.69) is 54.6 Å². The number of benzene rings is 1. The van der Waals surface area contributed by atoms with Crippen molar-refractivity contribution in [1.82, 2.24) is 0 Å². The van der Waals surface area contributed by atoms with E-state index >= 15 is 0 Å². The highest BCUT2D eigenvalue weighted by Crippen LogP contribution is 2.41. The Morgan fingerprint density at radius 3 is 1.50 bits per heavy atom. The fourth-order valence-electron chi connectivity index (χ4n) is 3.19. The lowest BCUT2D eigenvalue weighted by atomic mass is 9.92.